The summed E-state index contributed by atoms with van der Waals surface area (Å²) in [5.41, 5.74) is 2.58. The van der Waals surface area contributed by atoms with Crippen molar-refractivity contribution in [3.8, 4) is 17.6 Å². The van der Waals surface area contributed by atoms with Gasteiger partial charge >= 0.3 is 0 Å². The summed E-state index contributed by atoms with van der Waals surface area (Å²) < 4.78 is 10.8. The number of aromatic nitrogens is 2. The first-order valence-electron chi connectivity index (χ1n) is 8.95. The molecular weight excluding hydrogens is 342 g/mol. The number of ether oxygens (including phenoxy) is 2. The summed E-state index contributed by atoms with van der Waals surface area (Å²) in [6.07, 6.45) is 0. The first-order valence-corrected chi connectivity index (χ1v) is 8.95. The van der Waals surface area contributed by atoms with Gasteiger partial charge < -0.3 is 20.1 Å². The second-order valence-corrected chi connectivity index (χ2v) is 6.20. The molecule has 2 N–H and O–H groups in total. The Balaban J connectivity index is 1.76. The quantitative estimate of drug-likeness (QED) is 0.786. The molecule has 0 atom stereocenters. The molecular formula is C20H25N5O2. The van der Waals surface area contributed by atoms with Crippen LogP contribution in [0.2, 0.25) is 0 Å². The predicted molar refractivity (Wildman–Crippen MR) is 107 cm³/mol. The van der Waals surface area contributed by atoms with Crippen LogP contribution >= 0.6 is 0 Å². The van der Waals surface area contributed by atoms with Gasteiger partial charge in [0.15, 0.2) is 0 Å². The van der Waals surface area contributed by atoms with E-state index >= 15 is 0 Å². The second kappa shape index (κ2) is 9.21. The van der Waals surface area contributed by atoms with Crippen LogP contribution < -0.4 is 15.4 Å². The molecule has 0 amide bonds. The molecule has 0 aliphatic carbocycles. The number of rotatable bonds is 5. The van der Waals surface area contributed by atoms with E-state index in [0.29, 0.717) is 5.95 Å². The van der Waals surface area contributed by atoms with Crippen LogP contribution in [0, 0.1) is 18.8 Å². The van der Waals surface area contributed by atoms with Gasteiger partial charge in [-0.2, -0.15) is 4.98 Å². The van der Waals surface area contributed by atoms with Crippen molar-refractivity contribution in [2.75, 3.05) is 57.6 Å². The fourth-order valence-electron chi connectivity index (χ4n) is 2.77. The Morgan fingerprint density at radius 1 is 1.22 bits per heavy atom. The normalized spacial score (nSPS) is 14.2. The van der Waals surface area contributed by atoms with Gasteiger partial charge in [-0.25, -0.2) is 4.98 Å². The highest BCUT2D eigenvalue weighted by Crippen LogP contribution is 2.24. The lowest BCUT2D eigenvalue weighted by Gasteiger charge is -2.24. The van der Waals surface area contributed by atoms with Crippen molar-refractivity contribution < 1.29 is 9.47 Å². The SMILES string of the molecule is CNc1cc(C)nc(Nc2ccc(OC)c(C#CCN3CCOCC3)c2)n1. The van der Waals surface area contributed by atoms with Crippen LogP contribution in [0.5, 0.6) is 5.75 Å². The minimum Gasteiger partial charge on any atom is -0.495 e. The summed E-state index contributed by atoms with van der Waals surface area (Å²) in [5.74, 6) is 8.51. The van der Waals surface area contributed by atoms with E-state index in [2.05, 4.69) is 37.3 Å². The number of aryl methyl sites for hydroxylation is 1. The molecule has 0 radical (unpaired) electrons. The van der Waals surface area contributed by atoms with Crippen LogP contribution in [-0.4, -0.2) is 61.9 Å². The van der Waals surface area contributed by atoms with Crippen molar-refractivity contribution in [3.63, 3.8) is 0 Å². The van der Waals surface area contributed by atoms with Gasteiger partial charge in [0.2, 0.25) is 5.95 Å². The summed E-state index contributed by atoms with van der Waals surface area (Å²) in [6.45, 7) is 6.05. The zero-order chi connectivity index (χ0) is 19.1. The van der Waals surface area contributed by atoms with Gasteiger partial charge in [0.1, 0.15) is 11.6 Å². The van der Waals surface area contributed by atoms with Crippen molar-refractivity contribution in [3.05, 3.63) is 35.5 Å². The summed E-state index contributed by atoms with van der Waals surface area (Å²) >= 11 is 0. The monoisotopic (exact) mass is 367 g/mol. The van der Waals surface area contributed by atoms with Crippen LogP contribution in [0.25, 0.3) is 0 Å². The largest absolute Gasteiger partial charge is 0.495 e. The highest BCUT2D eigenvalue weighted by atomic mass is 16.5. The highest BCUT2D eigenvalue weighted by Gasteiger charge is 2.09. The van der Waals surface area contributed by atoms with Crippen molar-refractivity contribution in [1.29, 1.82) is 0 Å². The molecule has 2 heterocycles. The van der Waals surface area contributed by atoms with E-state index in [-0.39, 0.29) is 0 Å². The summed E-state index contributed by atoms with van der Waals surface area (Å²) in [5, 5.41) is 6.27. The van der Waals surface area contributed by atoms with Gasteiger partial charge in [0.25, 0.3) is 0 Å². The number of methoxy groups -OCH3 is 1. The molecule has 0 bridgehead atoms. The van der Waals surface area contributed by atoms with Gasteiger partial charge in [-0.05, 0) is 25.1 Å². The van der Waals surface area contributed by atoms with Crippen molar-refractivity contribution in [2.45, 2.75) is 6.92 Å². The molecule has 1 fully saturated rings. The third kappa shape index (κ3) is 5.33. The zero-order valence-electron chi connectivity index (χ0n) is 16.0. The average molecular weight is 367 g/mol. The molecule has 27 heavy (non-hydrogen) atoms. The molecule has 0 spiro atoms. The van der Waals surface area contributed by atoms with Gasteiger partial charge in [-0.15, -0.1) is 0 Å². The van der Waals surface area contributed by atoms with E-state index in [4.69, 9.17) is 9.47 Å². The number of morpholine rings is 1. The van der Waals surface area contributed by atoms with E-state index in [0.717, 1.165) is 61.4 Å². The Bertz CT molecular complexity index is 838. The lowest BCUT2D eigenvalue weighted by molar-refractivity contribution is 0.0443. The molecule has 1 aliphatic rings. The van der Waals surface area contributed by atoms with Crippen LogP contribution in [-0.2, 0) is 4.74 Å². The van der Waals surface area contributed by atoms with Gasteiger partial charge in [0, 0.05) is 37.6 Å². The number of nitrogens with zero attached hydrogens (tertiary/aromatic N) is 3. The highest BCUT2D eigenvalue weighted by molar-refractivity contribution is 5.62. The molecule has 1 saturated heterocycles. The maximum atomic E-state index is 5.44. The van der Waals surface area contributed by atoms with Crippen molar-refractivity contribution in [1.82, 2.24) is 14.9 Å². The molecule has 142 valence electrons. The molecule has 3 rings (SSSR count). The Kier molecular flexibility index (Phi) is 6.47. The molecule has 1 aromatic carbocycles. The fraction of sp³-hybridized carbons (Fsp3) is 0.400. The molecule has 1 aliphatic heterocycles. The third-order valence-electron chi connectivity index (χ3n) is 4.20. The second-order valence-electron chi connectivity index (χ2n) is 6.20. The average Bonchev–Trinajstić information content (AvgIpc) is 2.68. The maximum Gasteiger partial charge on any atom is 0.229 e. The van der Waals surface area contributed by atoms with Crippen LogP contribution in [0.4, 0.5) is 17.5 Å². The van der Waals surface area contributed by atoms with Crippen molar-refractivity contribution in [2.24, 2.45) is 0 Å². The number of benzene rings is 1. The van der Waals surface area contributed by atoms with Crippen LogP contribution in [0.3, 0.4) is 0 Å². The summed E-state index contributed by atoms with van der Waals surface area (Å²) in [6, 6.07) is 7.67. The maximum absolute atomic E-state index is 5.44. The Morgan fingerprint density at radius 3 is 2.78 bits per heavy atom. The number of hydrogen-bond acceptors (Lipinski definition) is 7. The first-order chi connectivity index (χ1) is 13.2. The van der Waals surface area contributed by atoms with E-state index in [1.54, 1.807) is 7.11 Å². The Morgan fingerprint density at radius 2 is 2.04 bits per heavy atom. The van der Waals surface area contributed by atoms with Gasteiger partial charge in [0.05, 0.1) is 32.4 Å². The predicted octanol–water partition coefficient (Wildman–Crippen LogP) is 2.26. The van der Waals surface area contributed by atoms with Gasteiger partial charge in [-0.1, -0.05) is 11.8 Å². The molecule has 2 aromatic rings. The van der Waals surface area contributed by atoms with E-state index in [1.165, 1.54) is 0 Å². The lowest BCUT2D eigenvalue weighted by atomic mass is 10.1. The zero-order valence-corrected chi connectivity index (χ0v) is 16.0. The molecule has 0 saturated carbocycles. The van der Waals surface area contributed by atoms with E-state index in [1.807, 2.05) is 38.2 Å². The Labute approximate surface area is 160 Å². The van der Waals surface area contributed by atoms with E-state index < -0.39 is 0 Å². The number of hydrogen-bond donors (Lipinski definition) is 2. The van der Waals surface area contributed by atoms with Crippen LogP contribution in [0.1, 0.15) is 11.3 Å². The topological polar surface area (TPSA) is 71.5 Å². The number of anilines is 3. The van der Waals surface area contributed by atoms with Gasteiger partial charge in [-0.3, -0.25) is 4.90 Å². The summed E-state index contributed by atoms with van der Waals surface area (Å²) in [7, 11) is 3.49. The smallest absolute Gasteiger partial charge is 0.229 e. The van der Waals surface area contributed by atoms with E-state index in [9.17, 15) is 0 Å². The molecule has 7 heteroatoms. The summed E-state index contributed by atoms with van der Waals surface area (Å²) in [4.78, 5) is 11.1. The Hall–Kier alpha value is -2.82. The minimum absolute atomic E-state index is 0.539. The molecule has 1 aromatic heterocycles. The number of nitrogens with one attached hydrogen (secondary N) is 2. The fourth-order valence-corrected chi connectivity index (χ4v) is 2.77. The third-order valence-corrected chi connectivity index (χ3v) is 4.20. The first kappa shape index (κ1) is 19.0. The van der Waals surface area contributed by atoms with Crippen molar-refractivity contribution >= 4 is 17.5 Å². The molecule has 7 nitrogen and oxygen atoms in total. The molecule has 0 unspecified atom stereocenters. The van der Waals surface area contributed by atoms with Crippen LogP contribution in [0.15, 0.2) is 24.3 Å². The lowest BCUT2D eigenvalue weighted by Crippen LogP contribution is -2.36. The standard InChI is InChI=1S/C20H25N5O2/c1-15-13-19(21-2)24-20(22-15)23-17-6-7-18(26-3)16(14-17)5-4-8-25-9-11-27-12-10-25/h6-7,13-14H,8-12H2,1-3H3,(H2,21,22,23,24). The minimum atomic E-state index is 0.539.